The standard InChI is InChI=1S/C13H18N4O2S/c1-10-5-7-11(8-6-10)20(18,19)15-12-4-3-9-13(12,2)16-17-14/h5-8,12,15H,3-4,9H2,1-2H3. The summed E-state index contributed by atoms with van der Waals surface area (Å²) in [6.07, 6.45) is 2.22. The van der Waals surface area contributed by atoms with Crippen LogP contribution in [0, 0.1) is 6.92 Å². The highest BCUT2D eigenvalue weighted by molar-refractivity contribution is 7.89. The normalized spacial score (nSPS) is 26.2. The summed E-state index contributed by atoms with van der Waals surface area (Å²) >= 11 is 0. The number of hydrogen-bond donors (Lipinski definition) is 1. The molecule has 0 heterocycles. The van der Waals surface area contributed by atoms with E-state index in [1.165, 1.54) is 0 Å². The summed E-state index contributed by atoms with van der Waals surface area (Å²) in [5.74, 6) is 0. The smallest absolute Gasteiger partial charge is 0.207 e. The topological polar surface area (TPSA) is 94.9 Å². The third-order valence-corrected chi connectivity index (χ3v) is 5.32. The Kier molecular flexibility index (Phi) is 4.04. The predicted octanol–water partition coefficient (Wildman–Crippen LogP) is 2.89. The zero-order valence-electron chi connectivity index (χ0n) is 11.6. The van der Waals surface area contributed by atoms with Crippen LogP contribution in [-0.4, -0.2) is 20.0 Å². The first-order valence-corrected chi connectivity index (χ1v) is 8.01. The average molecular weight is 294 g/mol. The Morgan fingerprint density at radius 3 is 2.65 bits per heavy atom. The number of benzene rings is 1. The van der Waals surface area contributed by atoms with Crippen molar-refractivity contribution in [2.24, 2.45) is 5.11 Å². The molecular weight excluding hydrogens is 276 g/mol. The molecule has 0 saturated heterocycles. The average Bonchev–Trinajstić information content (AvgIpc) is 2.71. The van der Waals surface area contributed by atoms with Gasteiger partial charge < -0.3 is 0 Å². The highest BCUT2D eigenvalue weighted by Crippen LogP contribution is 2.34. The third kappa shape index (κ3) is 2.95. The molecule has 1 fully saturated rings. The lowest BCUT2D eigenvalue weighted by Crippen LogP contribution is -2.45. The van der Waals surface area contributed by atoms with Gasteiger partial charge in [0.1, 0.15) is 0 Å². The molecule has 1 aromatic rings. The molecule has 0 amide bonds. The summed E-state index contributed by atoms with van der Waals surface area (Å²) in [6.45, 7) is 3.70. The van der Waals surface area contributed by atoms with Crippen LogP contribution in [0.15, 0.2) is 34.3 Å². The van der Waals surface area contributed by atoms with Crippen LogP contribution in [0.25, 0.3) is 10.4 Å². The second-order valence-corrected chi connectivity index (χ2v) is 7.14. The van der Waals surface area contributed by atoms with E-state index in [4.69, 9.17) is 5.53 Å². The zero-order valence-corrected chi connectivity index (χ0v) is 12.4. The lowest BCUT2D eigenvalue weighted by molar-refractivity contribution is 0.399. The maximum Gasteiger partial charge on any atom is 0.240 e. The second kappa shape index (κ2) is 5.44. The summed E-state index contributed by atoms with van der Waals surface area (Å²) in [5.41, 5.74) is 8.95. The highest BCUT2D eigenvalue weighted by atomic mass is 32.2. The molecule has 1 saturated carbocycles. The zero-order chi connectivity index (χ0) is 14.8. The van der Waals surface area contributed by atoms with Gasteiger partial charge in [-0.05, 0) is 37.4 Å². The quantitative estimate of drug-likeness (QED) is 0.525. The summed E-state index contributed by atoms with van der Waals surface area (Å²) in [6, 6.07) is 6.32. The molecule has 1 aliphatic rings. The Hall–Kier alpha value is -1.56. The van der Waals surface area contributed by atoms with Gasteiger partial charge in [0, 0.05) is 11.0 Å². The van der Waals surface area contributed by atoms with E-state index in [1.54, 1.807) is 31.2 Å². The van der Waals surface area contributed by atoms with Crippen molar-refractivity contribution in [1.82, 2.24) is 4.72 Å². The first-order chi connectivity index (χ1) is 9.37. The molecule has 1 N–H and O–H groups in total. The van der Waals surface area contributed by atoms with Crippen LogP contribution < -0.4 is 4.72 Å². The fraction of sp³-hybridized carbons (Fsp3) is 0.538. The maximum absolute atomic E-state index is 12.3. The van der Waals surface area contributed by atoms with Crippen LogP contribution in [-0.2, 0) is 10.0 Å². The van der Waals surface area contributed by atoms with Crippen molar-refractivity contribution >= 4 is 10.0 Å². The molecular formula is C13H18N4O2S. The molecule has 0 bridgehead atoms. The van der Waals surface area contributed by atoms with Gasteiger partial charge in [0.05, 0.1) is 10.4 Å². The fourth-order valence-corrected chi connectivity index (χ4v) is 3.91. The molecule has 0 radical (unpaired) electrons. The molecule has 2 atom stereocenters. The Labute approximate surface area is 118 Å². The molecule has 0 aromatic heterocycles. The van der Waals surface area contributed by atoms with Crippen molar-refractivity contribution in [1.29, 1.82) is 0 Å². The Morgan fingerprint density at radius 1 is 1.40 bits per heavy atom. The van der Waals surface area contributed by atoms with Crippen molar-refractivity contribution in [3.8, 4) is 0 Å². The van der Waals surface area contributed by atoms with E-state index in [1.807, 2.05) is 6.92 Å². The van der Waals surface area contributed by atoms with Gasteiger partial charge in [-0.25, -0.2) is 13.1 Å². The van der Waals surface area contributed by atoms with Gasteiger partial charge in [-0.2, -0.15) is 0 Å². The van der Waals surface area contributed by atoms with Gasteiger partial charge >= 0.3 is 0 Å². The summed E-state index contributed by atoms with van der Waals surface area (Å²) in [5, 5.41) is 3.78. The second-order valence-electron chi connectivity index (χ2n) is 5.43. The molecule has 20 heavy (non-hydrogen) atoms. The van der Waals surface area contributed by atoms with Crippen molar-refractivity contribution in [2.75, 3.05) is 0 Å². The van der Waals surface area contributed by atoms with Crippen LogP contribution >= 0.6 is 0 Å². The van der Waals surface area contributed by atoms with Crippen molar-refractivity contribution in [3.05, 3.63) is 40.3 Å². The number of nitrogens with one attached hydrogen (secondary N) is 1. The predicted molar refractivity (Wildman–Crippen MR) is 76.7 cm³/mol. The van der Waals surface area contributed by atoms with E-state index >= 15 is 0 Å². The van der Waals surface area contributed by atoms with E-state index in [0.29, 0.717) is 12.8 Å². The number of sulfonamides is 1. The minimum atomic E-state index is -3.58. The van der Waals surface area contributed by atoms with Crippen LogP contribution in [0.4, 0.5) is 0 Å². The van der Waals surface area contributed by atoms with Crippen molar-refractivity contribution in [3.63, 3.8) is 0 Å². The number of hydrogen-bond acceptors (Lipinski definition) is 3. The monoisotopic (exact) mass is 294 g/mol. The summed E-state index contributed by atoms with van der Waals surface area (Å²) < 4.78 is 27.4. The van der Waals surface area contributed by atoms with Crippen molar-refractivity contribution in [2.45, 2.75) is 49.6 Å². The number of azide groups is 1. The lowest BCUT2D eigenvalue weighted by atomic mass is 9.98. The van der Waals surface area contributed by atoms with E-state index in [2.05, 4.69) is 14.7 Å². The molecule has 2 rings (SSSR count). The third-order valence-electron chi connectivity index (χ3n) is 3.83. The van der Waals surface area contributed by atoms with Gasteiger partial charge in [0.15, 0.2) is 0 Å². The minimum absolute atomic E-state index is 0.235. The van der Waals surface area contributed by atoms with Crippen LogP contribution in [0.5, 0.6) is 0 Å². The molecule has 6 nitrogen and oxygen atoms in total. The van der Waals surface area contributed by atoms with E-state index in [-0.39, 0.29) is 10.9 Å². The maximum atomic E-state index is 12.3. The van der Waals surface area contributed by atoms with Gasteiger partial charge in [-0.1, -0.05) is 36.2 Å². The molecule has 0 aliphatic heterocycles. The van der Waals surface area contributed by atoms with E-state index in [0.717, 1.165) is 12.0 Å². The van der Waals surface area contributed by atoms with Gasteiger partial charge in [-0.15, -0.1) is 0 Å². The minimum Gasteiger partial charge on any atom is -0.207 e. The first kappa shape index (κ1) is 14.8. The van der Waals surface area contributed by atoms with Crippen LogP contribution in [0.1, 0.15) is 31.7 Å². The Bertz CT molecular complexity index is 635. The summed E-state index contributed by atoms with van der Waals surface area (Å²) in [7, 11) is -3.58. The molecule has 108 valence electrons. The number of rotatable bonds is 4. The molecule has 7 heteroatoms. The van der Waals surface area contributed by atoms with Gasteiger partial charge in [0.2, 0.25) is 10.0 Å². The number of aryl methyl sites for hydroxylation is 1. The molecule has 2 unspecified atom stereocenters. The fourth-order valence-electron chi connectivity index (χ4n) is 2.53. The lowest BCUT2D eigenvalue weighted by Gasteiger charge is -2.26. The van der Waals surface area contributed by atoms with E-state index < -0.39 is 15.6 Å². The molecule has 0 spiro atoms. The highest BCUT2D eigenvalue weighted by Gasteiger charge is 2.40. The largest absolute Gasteiger partial charge is 0.240 e. The van der Waals surface area contributed by atoms with Crippen molar-refractivity contribution < 1.29 is 8.42 Å². The molecule has 1 aromatic carbocycles. The van der Waals surface area contributed by atoms with Gasteiger partial charge in [0.25, 0.3) is 0 Å². The summed E-state index contributed by atoms with van der Waals surface area (Å²) in [4.78, 5) is 3.08. The van der Waals surface area contributed by atoms with E-state index in [9.17, 15) is 8.42 Å². The molecule has 1 aliphatic carbocycles. The van der Waals surface area contributed by atoms with Gasteiger partial charge in [-0.3, -0.25) is 0 Å². The Morgan fingerprint density at radius 2 is 2.05 bits per heavy atom. The van der Waals surface area contributed by atoms with Crippen LogP contribution in [0.3, 0.4) is 0 Å². The van der Waals surface area contributed by atoms with Crippen LogP contribution in [0.2, 0.25) is 0 Å². The first-order valence-electron chi connectivity index (χ1n) is 6.53. The number of nitrogens with zero attached hydrogens (tertiary/aromatic N) is 3. The SMILES string of the molecule is Cc1ccc(S(=O)(=O)NC2CCCC2(C)N=[N+]=[N-])cc1. The Balaban J connectivity index is 2.24.